The largest absolute Gasteiger partial charge is 0.385 e. The highest BCUT2D eigenvalue weighted by Gasteiger charge is 2.05. The number of benzene rings is 2. The Bertz CT molecular complexity index is 531. The Labute approximate surface area is 113 Å². The van der Waals surface area contributed by atoms with E-state index in [1.165, 1.54) is 0 Å². The van der Waals surface area contributed by atoms with Crippen LogP contribution in [0.2, 0.25) is 0 Å². The van der Waals surface area contributed by atoms with Crippen LogP contribution in [0.3, 0.4) is 0 Å². The number of hydrogen-bond acceptors (Lipinski definition) is 2. The molecule has 0 aromatic heterocycles. The highest BCUT2D eigenvalue weighted by Crippen LogP contribution is 2.18. The number of nitrogens with zero attached hydrogens (tertiary/aromatic N) is 4. The zero-order valence-electron chi connectivity index (χ0n) is 11.1. The van der Waals surface area contributed by atoms with Crippen LogP contribution in [-0.2, 0) is 6.42 Å². The second-order valence-electron chi connectivity index (χ2n) is 3.71. The normalized spacial score (nSPS) is 8.63. The fourth-order valence-electron chi connectivity index (χ4n) is 1.60. The summed E-state index contributed by atoms with van der Waals surface area (Å²) in [6, 6.07) is 14.7. The fourth-order valence-corrected chi connectivity index (χ4v) is 1.60. The summed E-state index contributed by atoms with van der Waals surface area (Å²) in [5, 5.41) is 17.1. The van der Waals surface area contributed by atoms with Crippen LogP contribution >= 0.6 is 0 Å². The molecule has 19 heavy (non-hydrogen) atoms. The minimum atomic E-state index is 0.545. The quantitative estimate of drug-likeness (QED) is 0.683. The summed E-state index contributed by atoms with van der Waals surface area (Å²) >= 11 is 0. The second kappa shape index (κ2) is 7.58. The molecular formula is C15H16N4+2. The molecule has 2 rings (SSSR count). The Morgan fingerprint density at radius 3 is 1.26 bits per heavy atom. The maximum atomic E-state index is 8.57. The van der Waals surface area contributed by atoms with Crippen molar-refractivity contribution in [2.45, 2.75) is 20.3 Å². The second-order valence-corrected chi connectivity index (χ2v) is 3.71. The van der Waals surface area contributed by atoms with Crippen LogP contribution in [-0.4, -0.2) is 0 Å². The first-order valence-electron chi connectivity index (χ1n) is 6.20. The van der Waals surface area contributed by atoms with Gasteiger partial charge >= 0.3 is 11.4 Å². The molecule has 94 valence electrons. The van der Waals surface area contributed by atoms with Crippen molar-refractivity contribution in [2.24, 2.45) is 0 Å². The number of diazo groups is 2. The molecule has 0 radical (unpaired) electrons. The van der Waals surface area contributed by atoms with Gasteiger partial charge < -0.3 is 0 Å². The smallest absolute Gasteiger partial charge is 0.0683 e. The zero-order valence-corrected chi connectivity index (χ0v) is 11.1. The molecule has 0 amide bonds. The van der Waals surface area contributed by atoms with E-state index < -0.39 is 0 Å². The molecule has 0 saturated heterocycles. The Morgan fingerprint density at radius 1 is 0.684 bits per heavy atom. The van der Waals surface area contributed by atoms with E-state index in [0.717, 1.165) is 17.5 Å². The molecule has 2 aromatic rings. The van der Waals surface area contributed by atoms with E-state index in [0.29, 0.717) is 11.4 Å². The zero-order chi connectivity index (χ0) is 14.1. The van der Waals surface area contributed by atoms with Gasteiger partial charge in [-0.1, -0.05) is 38.1 Å². The van der Waals surface area contributed by atoms with E-state index in [1.807, 2.05) is 38.1 Å². The van der Waals surface area contributed by atoms with Crippen LogP contribution < -0.4 is 0 Å². The van der Waals surface area contributed by atoms with E-state index in [2.05, 4.69) is 9.95 Å². The molecule has 0 aliphatic heterocycles. The van der Waals surface area contributed by atoms with Crippen molar-refractivity contribution in [1.82, 2.24) is 0 Å². The first-order chi connectivity index (χ1) is 9.31. The van der Waals surface area contributed by atoms with Gasteiger partial charge in [0, 0.05) is 24.3 Å². The standard InChI is InChI=1S/C13H10N4.C2H6/c14-16-12-5-1-10(2-6-12)9-11-3-7-13(17-15)8-4-11;1-2/h1-8H,9H2;1-2H3/q+2;. The van der Waals surface area contributed by atoms with Gasteiger partial charge in [-0.3, -0.25) is 0 Å². The van der Waals surface area contributed by atoms with E-state index in [1.54, 1.807) is 24.3 Å². The lowest BCUT2D eigenvalue weighted by Crippen LogP contribution is -1.86. The first kappa shape index (κ1) is 14.3. The van der Waals surface area contributed by atoms with Gasteiger partial charge in [0.25, 0.3) is 0 Å². The van der Waals surface area contributed by atoms with Crippen LogP contribution in [0.5, 0.6) is 0 Å². The van der Waals surface area contributed by atoms with Crippen molar-refractivity contribution >= 4 is 11.4 Å². The minimum Gasteiger partial charge on any atom is -0.0683 e. The summed E-state index contributed by atoms with van der Waals surface area (Å²) < 4.78 is 0. The van der Waals surface area contributed by atoms with Crippen LogP contribution in [0.15, 0.2) is 48.5 Å². The van der Waals surface area contributed by atoms with Crippen molar-refractivity contribution in [3.8, 4) is 0 Å². The van der Waals surface area contributed by atoms with E-state index in [-0.39, 0.29) is 0 Å². The Kier molecular flexibility index (Phi) is 5.72. The molecule has 2 aromatic carbocycles. The number of rotatable bonds is 2. The molecule has 0 heterocycles. The average molecular weight is 252 g/mol. The van der Waals surface area contributed by atoms with Gasteiger partial charge in [-0.2, -0.15) is 0 Å². The van der Waals surface area contributed by atoms with Crippen LogP contribution in [0, 0.1) is 10.8 Å². The third-order valence-corrected chi connectivity index (χ3v) is 2.51. The van der Waals surface area contributed by atoms with Gasteiger partial charge in [-0.05, 0) is 17.5 Å². The molecular weight excluding hydrogens is 236 g/mol. The molecule has 0 aliphatic rings. The summed E-state index contributed by atoms with van der Waals surface area (Å²) in [5.74, 6) is 0. The molecule has 0 N–H and O–H groups in total. The summed E-state index contributed by atoms with van der Waals surface area (Å²) in [7, 11) is 0. The molecule has 0 spiro atoms. The topological polar surface area (TPSA) is 56.3 Å². The highest BCUT2D eigenvalue weighted by molar-refractivity contribution is 5.47. The monoisotopic (exact) mass is 252 g/mol. The maximum absolute atomic E-state index is 8.57. The summed E-state index contributed by atoms with van der Waals surface area (Å²) in [5.41, 5.74) is 3.35. The van der Waals surface area contributed by atoms with Gasteiger partial charge in [0.15, 0.2) is 9.95 Å². The van der Waals surface area contributed by atoms with Gasteiger partial charge in [-0.25, -0.2) is 0 Å². The lowest BCUT2D eigenvalue weighted by molar-refractivity contribution is 1.19. The first-order valence-corrected chi connectivity index (χ1v) is 6.20. The molecule has 0 bridgehead atoms. The predicted octanol–water partition coefficient (Wildman–Crippen LogP) is 5.27. The Balaban J connectivity index is 0.000000861. The molecule has 0 fully saturated rings. The molecule has 4 heteroatoms. The molecule has 4 nitrogen and oxygen atoms in total. The average Bonchev–Trinajstić information content (AvgIpc) is 2.51. The van der Waals surface area contributed by atoms with Gasteiger partial charge in [-0.15, -0.1) is 0 Å². The van der Waals surface area contributed by atoms with E-state index >= 15 is 0 Å². The Hall–Kier alpha value is -2.72. The minimum absolute atomic E-state index is 0.545. The van der Waals surface area contributed by atoms with Crippen LogP contribution in [0.1, 0.15) is 25.0 Å². The van der Waals surface area contributed by atoms with Crippen molar-refractivity contribution in [3.05, 3.63) is 69.6 Å². The molecule has 0 atom stereocenters. The van der Waals surface area contributed by atoms with Crippen LogP contribution in [0.4, 0.5) is 11.4 Å². The molecule has 0 saturated carbocycles. The van der Waals surface area contributed by atoms with Gasteiger partial charge in [0.1, 0.15) is 0 Å². The summed E-state index contributed by atoms with van der Waals surface area (Å²) in [4.78, 5) is 6.20. The molecule has 0 aliphatic carbocycles. The third-order valence-electron chi connectivity index (χ3n) is 2.51. The maximum Gasteiger partial charge on any atom is 0.385 e. The predicted molar refractivity (Wildman–Crippen MR) is 76.5 cm³/mol. The van der Waals surface area contributed by atoms with Crippen LogP contribution in [0.25, 0.3) is 9.95 Å². The van der Waals surface area contributed by atoms with E-state index in [9.17, 15) is 0 Å². The van der Waals surface area contributed by atoms with Crippen molar-refractivity contribution in [2.75, 3.05) is 0 Å². The fraction of sp³-hybridized carbons (Fsp3) is 0.200. The lowest BCUT2D eigenvalue weighted by Gasteiger charge is -1.99. The summed E-state index contributed by atoms with van der Waals surface area (Å²) in [6.45, 7) is 4.00. The third kappa shape index (κ3) is 4.22. The Morgan fingerprint density at radius 2 is 1.00 bits per heavy atom. The SMILES string of the molecule is CC.N#[N+]c1ccc(Cc2ccc([N+]#N)cc2)cc1. The molecule has 0 unspecified atom stereocenters. The van der Waals surface area contributed by atoms with Gasteiger partial charge in [0.2, 0.25) is 10.8 Å². The van der Waals surface area contributed by atoms with Crippen molar-refractivity contribution in [1.29, 1.82) is 10.8 Å². The van der Waals surface area contributed by atoms with Crippen molar-refractivity contribution < 1.29 is 0 Å². The lowest BCUT2D eigenvalue weighted by atomic mass is 10.0. The van der Waals surface area contributed by atoms with Gasteiger partial charge in [0.05, 0.1) is 0 Å². The highest BCUT2D eigenvalue weighted by atomic mass is 14.8. The number of hydrogen-bond donors (Lipinski definition) is 0. The van der Waals surface area contributed by atoms with Crippen molar-refractivity contribution in [3.63, 3.8) is 0 Å². The summed E-state index contributed by atoms with van der Waals surface area (Å²) in [6.07, 6.45) is 0.789. The van der Waals surface area contributed by atoms with E-state index in [4.69, 9.17) is 10.8 Å².